The van der Waals surface area contributed by atoms with Crippen LogP contribution < -0.4 is 0 Å². The first kappa shape index (κ1) is 20.1. The Balaban J connectivity index is 4.39. The van der Waals surface area contributed by atoms with Gasteiger partial charge in [-0.25, -0.2) is 4.57 Å². The Labute approximate surface area is 127 Å². The van der Waals surface area contributed by atoms with Crippen LogP contribution in [0.2, 0.25) is 0 Å². The van der Waals surface area contributed by atoms with E-state index in [1.807, 2.05) is 12.1 Å². The van der Waals surface area contributed by atoms with E-state index in [1.54, 1.807) is 0 Å². The van der Waals surface area contributed by atoms with Gasteiger partial charge in [0.2, 0.25) is 0 Å². The van der Waals surface area contributed by atoms with Crippen LogP contribution in [-0.4, -0.2) is 19.8 Å². The van der Waals surface area contributed by atoms with Crippen LogP contribution in [0, 0.1) is 28.6 Å². The van der Waals surface area contributed by atoms with Crippen molar-refractivity contribution in [2.24, 2.45) is 5.92 Å². The molecule has 0 amide bonds. The van der Waals surface area contributed by atoms with E-state index in [1.165, 1.54) is 0 Å². The van der Waals surface area contributed by atoms with Gasteiger partial charge in [0.25, 0.3) is 0 Å². The predicted molar refractivity (Wildman–Crippen MR) is 79.2 cm³/mol. The predicted octanol–water partition coefficient (Wildman–Crippen LogP) is 4.19. The fourth-order valence-electron chi connectivity index (χ4n) is 1.61. The molecule has 120 valence electrons. The molecule has 6 nitrogen and oxygen atoms in total. The molecule has 0 heterocycles. The normalized spacial score (nSPS) is 12.6. The first-order valence-corrected chi connectivity index (χ1v) is 8.85. The molecule has 0 aromatic rings. The SMILES string of the molecule is CCCC[C@@H](CC)COP(=O)(OCCC#N)OCCC#N. The van der Waals surface area contributed by atoms with Gasteiger partial charge in [0.1, 0.15) is 0 Å². The second-order valence-corrected chi connectivity index (χ2v) is 6.31. The molecular weight excluding hydrogens is 291 g/mol. The minimum absolute atomic E-state index is 0.00785. The van der Waals surface area contributed by atoms with Gasteiger partial charge >= 0.3 is 7.82 Å². The summed E-state index contributed by atoms with van der Waals surface area (Å²) in [6, 6.07) is 3.80. The molecule has 21 heavy (non-hydrogen) atoms. The van der Waals surface area contributed by atoms with Crippen LogP contribution in [0.3, 0.4) is 0 Å². The van der Waals surface area contributed by atoms with Crippen LogP contribution >= 0.6 is 7.82 Å². The number of hydrogen-bond donors (Lipinski definition) is 0. The van der Waals surface area contributed by atoms with E-state index in [0.717, 1.165) is 25.7 Å². The molecule has 0 aliphatic carbocycles. The monoisotopic (exact) mass is 316 g/mol. The van der Waals surface area contributed by atoms with E-state index < -0.39 is 7.82 Å². The largest absolute Gasteiger partial charge is 0.474 e. The van der Waals surface area contributed by atoms with Gasteiger partial charge < -0.3 is 0 Å². The lowest BCUT2D eigenvalue weighted by atomic mass is 10.0. The third-order valence-corrected chi connectivity index (χ3v) is 4.40. The molecule has 1 atom stereocenters. The summed E-state index contributed by atoms with van der Waals surface area (Å²) in [6.45, 7) is 4.46. The van der Waals surface area contributed by atoms with Crippen LogP contribution in [0.1, 0.15) is 52.4 Å². The Kier molecular flexibility index (Phi) is 12.2. The lowest BCUT2D eigenvalue weighted by molar-refractivity contribution is 0.0999. The highest BCUT2D eigenvalue weighted by molar-refractivity contribution is 7.48. The number of nitrogens with zero attached hydrogens (tertiary/aromatic N) is 2. The second-order valence-electron chi connectivity index (χ2n) is 4.64. The Hall–Kier alpha value is -0.910. The number of phosphoric ester groups is 1. The minimum atomic E-state index is -3.68. The van der Waals surface area contributed by atoms with Crippen LogP contribution in [0.5, 0.6) is 0 Å². The zero-order valence-electron chi connectivity index (χ0n) is 12.9. The van der Waals surface area contributed by atoms with E-state index in [4.69, 9.17) is 24.1 Å². The molecule has 0 aliphatic heterocycles. The molecule has 0 fully saturated rings. The van der Waals surface area contributed by atoms with Crippen molar-refractivity contribution in [3.05, 3.63) is 0 Å². The van der Waals surface area contributed by atoms with E-state index >= 15 is 0 Å². The van der Waals surface area contributed by atoms with Crippen molar-refractivity contribution in [1.82, 2.24) is 0 Å². The molecule has 0 rings (SSSR count). The summed E-state index contributed by atoms with van der Waals surface area (Å²) in [5.41, 5.74) is 0. The lowest BCUT2D eigenvalue weighted by Gasteiger charge is -2.20. The topological polar surface area (TPSA) is 92.3 Å². The van der Waals surface area contributed by atoms with Gasteiger partial charge in [-0.15, -0.1) is 0 Å². The van der Waals surface area contributed by atoms with Crippen molar-refractivity contribution in [3.63, 3.8) is 0 Å². The summed E-state index contributed by atoms with van der Waals surface area (Å²) in [4.78, 5) is 0. The van der Waals surface area contributed by atoms with Gasteiger partial charge in [-0.2, -0.15) is 10.5 Å². The minimum Gasteiger partial charge on any atom is -0.287 e. The number of rotatable bonds is 13. The van der Waals surface area contributed by atoms with Crippen LogP contribution in [-0.2, 0) is 18.1 Å². The summed E-state index contributed by atoms with van der Waals surface area (Å²) in [5, 5.41) is 17.0. The Morgan fingerprint density at radius 3 is 2.05 bits per heavy atom. The number of phosphoric acid groups is 1. The molecule has 0 aromatic heterocycles. The number of nitriles is 2. The molecule has 0 spiro atoms. The fourth-order valence-corrected chi connectivity index (χ4v) is 2.86. The number of unbranched alkanes of at least 4 members (excludes halogenated alkanes) is 1. The first-order chi connectivity index (χ1) is 10.1. The van der Waals surface area contributed by atoms with Gasteiger partial charge in [-0.1, -0.05) is 33.1 Å². The average molecular weight is 316 g/mol. The smallest absolute Gasteiger partial charge is 0.287 e. The quantitative estimate of drug-likeness (QED) is 0.373. The summed E-state index contributed by atoms with van der Waals surface area (Å²) < 4.78 is 27.9. The molecular formula is C14H25N2O4P. The van der Waals surface area contributed by atoms with E-state index in [2.05, 4.69) is 13.8 Å². The molecule has 0 radical (unpaired) electrons. The van der Waals surface area contributed by atoms with Gasteiger partial charge in [-0.05, 0) is 12.3 Å². The standard InChI is InChI=1S/C14H25N2O4P/c1-3-5-8-14(4-2)13-20-21(17,18-11-6-9-15)19-12-7-10-16/h14H,3-8,11-13H2,1-2H3/t14-/m1/s1. The zero-order chi connectivity index (χ0) is 16.0. The summed E-state index contributed by atoms with van der Waals surface area (Å²) >= 11 is 0. The van der Waals surface area contributed by atoms with E-state index in [9.17, 15) is 4.57 Å². The third-order valence-electron chi connectivity index (χ3n) is 2.94. The van der Waals surface area contributed by atoms with Crippen molar-refractivity contribution in [2.45, 2.75) is 52.4 Å². The Morgan fingerprint density at radius 2 is 1.62 bits per heavy atom. The van der Waals surface area contributed by atoms with Crippen molar-refractivity contribution in [3.8, 4) is 12.1 Å². The van der Waals surface area contributed by atoms with Gasteiger partial charge in [0, 0.05) is 0 Å². The molecule has 0 unspecified atom stereocenters. The van der Waals surface area contributed by atoms with Gasteiger partial charge in [-0.3, -0.25) is 13.6 Å². The van der Waals surface area contributed by atoms with Crippen LogP contribution in [0.4, 0.5) is 0 Å². The lowest BCUT2D eigenvalue weighted by Crippen LogP contribution is -2.11. The Morgan fingerprint density at radius 1 is 1.05 bits per heavy atom. The third kappa shape index (κ3) is 10.5. The molecule has 0 aromatic carbocycles. The van der Waals surface area contributed by atoms with Crippen LogP contribution in [0.25, 0.3) is 0 Å². The van der Waals surface area contributed by atoms with Crippen molar-refractivity contribution >= 4 is 7.82 Å². The average Bonchev–Trinajstić information content (AvgIpc) is 2.48. The summed E-state index contributed by atoms with van der Waals surface area (Å²) in [5.74, 6) is 0.303. The summed E-state index contributed by atoms with van der Waals surface area (Å²) in [7, 11) is -3.68. The van der Waals surface area contributed by atoms with Crippen LogP contribution in [0.15, 0.2) is 0 Å². The van der Waals surface area contributed by atoms with Crippen molar-refractivity contribution in [1.29, 1.82) is 10.5 Å². The highest BCUT2D eigenvalue weighted by Crippen LogP contribution is 2.50. The number of hydrogen-bond acceptors (Lipinski definition) is 6. The molecule has 0 saturated heterocycles. The highest BCUT2D eigenvalue weighted by Gasteiger charge is 2.27. The van der Waals surface area contributed by atoms with Gasteiger partial charge in [0.05, 0.1) is 44.8 Å². The maximum absolute atomic E-state index is 12.4. The molecule has 7 heteroatoms. The fraction of sp³-hybridized carbons (Fsp3) is 0.857. The molecule has 0 aliphatic rings. The maximum Gasteiger partial charge on any atom is 0.474 e. The molecule has 0 N–H and O–H groups in total. The molecule has 0 saturated carbocycles. The summed E-state index contributed by atoms with van der Waals surface area (Å²) in [6.07, 6.45) is 4.35. The van der Waals surface area contributed by atoms with Gasteiger partial charge in [0.15, 0.2) is 0 Å². The van der Waals surface area contributed by atoms with Crippen molar-refractivity contribution < 1.29 is 18.1 Å². The zero-order valence-corrected chi connectivity index (χ0v) is 13.8. The Bertz CT molecular complexity index is 365. The second kappa shape index (κ2) is 12.8. The first-order valence-electron chi connectivity index (χ1n) is 7.39. The highest BCUT2D eigenvalue weighted by atomic mass is 31.2. The van der Waals surface area contributed by atoms with E-state index in [-0.39, 0.29) is 26.1 Å². The van der Waals surface area contributed by atoms with Crippen molar-refractivity contribution in [2.75, 3.05) is 19.8 Å². The maximum atomic E-state index is 12.4. The van der Waals surface area contributed by atoms with E-state index in [0.29, 0.717) is 12.5 Å². The molecule has 0 bridgehead atoms.